The fourth-order valence-electron chi connectivity index (χ4n) is 4.44. The molecule has 0 aliphatic heterocycles. The Morgan fingerprint density at radius 3 is 2.67 bits per heavy atom. The summed E-state index contributed by atoms with van der Waals surface area (Å²) in [7, 11) is 0. The van der Waals surface area contributed by atoms with E-state index in [1.54, 1.807) is 12.1 Å². The quantitative estimate of drug-likeness (QED) is 0.360. The molecule has 6 nitrogen and oxygen atoms in total. The molecule has 0 unspecified atom stereocenters. The van der Waals surface area contributed by atoms with E-state index in [1.165, 1.54) is 30.4 Å². The van der Waals surface area contributed by atoms with Crippen molar-refractivity contribution in [3.8, 4) is 16.9 Å². The van der Waals surface area contributed by atoms with Gasteiger partial charge in [0, 0.05) is 11.7 Å². The molecule has 0 radical (unpaired) electrons. The molecular weight excluding hydrogens is 436 g/mol. The van der Waals surface area contributed by atoms with Gasteiger partial charge in [-0.2, -0.15) is 0 Å². The summed E-state index contributed by atoms with van der Waals surface area (Å²) >= 11 is 1.53. The molecular formula is C26H24N2O4S. The summed E-state index contributed by atoms with van der Waals surface area (Å²) in [5.41, 5.74) is 9.12. The first kappa shape index (κ1) is 21.3. The number of rotatable bonds is 6. The van der Waals surface area contributed by atoms with Crippen molar-refractivity contribution in [2.45, 2.75) is 38.3 Å². The molecule has 4 aromatic rings. The standard InChI is InChI=1S/C26H24N2O4S/c27-20-12-18(11-19(13-20)26(30)31)17-5-3-4-16(10-17)15-32-22-8-9-23-24(14-22)33-28(25(23)29)21-6-1-2-7-21/h3-5,8-14,21H,1-2,6-7,15,27H2,(H,30,31). The normalized spacial score (nSPS) is 14.1. The minimum absolute atomic E-state index is 0.101. The summed E-state index contributed by atoms with van der Waals surface area (Å²) in [4.78, 5) is 24.1. The van der Waals surface area contributed by atoms with Crippen molar-refractivity contribution < 1.29 is 14.6 Å². The number of ether oxygens (including phenoxy) is 1. The van der Waals surface area contributed by atoms with Gasteiger partial charge in [0.05, 0.1) is 15.6 Å². The van der Waals surface area contributed by atoms with Gasteiger partial charge in [0.25, 0.3) is 5.56 Å². The van der Waals surface area contributed by atoms with Crippen molar-refractivity contribution in [2.24, 2.45) is 0 Å². The molecule has 1 fully saturated rings. The van der Waals surface area contributed by atoms with Crippen LogP contribution in [0.5, 0.6) is 5.75 Å². The van der Waals surface area contributed by atoms with E-state index < -0.39 is 5.97 Å². The highest BCUT2D eigenvalue weighted by Crippen LogP contribution is 2.33. The van der Waals surface area contributed by atoms with E-state index in [2.05, 4.69) is 0 Å². The molecule has 33 heavy (non-hydrogen) atoms. The van der Waals surface area contributed by atoms with Crippen LogP contribution in [0.15, 0.2) is 65.5 Å². The van der Waals surface area contributed by atoms with Crippen molar-refractivity contribution in [3.05, 3.63) is 82.1 Å². The van der Waals surface area contributed by atoms with Gasteiger partial charge in [-0.15, -0.1) is 0 Å². The van der Waals surface area contributed by atoms with Gasteiger partial charge in [-0.3, -0.25) is 8.75 Å². The van der Waals surface area contributed by atoms with Crippen LogP contribution in [0, 0.1) is 0 Å². The van der Waals surface area contributed by atoms with Crippen molar-refractivity contribution in [3.63, 3.8) is 0 Å². The van der Waals surface area contributed by atoms with Gasteiger partial charge < -0.3 is 15.6 Å². The predicted octanol–water partition coefficient (Wildman–Crippen LogP) is 5.70. The second kappa shape index (κ2) is 8.75. The van der Waals surface area contributed by atoms with Crippen LogP contribution in [-0.4, -0.2) is 15.0 Å². The number of aromatic carboxylic acids is 1. The Balaban J connectivity index is 1.36. The molecule has 3 N–H and O–H groups in total. The molecule has 1 saturated carbocycles. The Labute approximate surface area is 195 Å². The number of nitrogens with zero attached hydrogens (tertiary/aromatic N) is 1. The molecule has 0 amide bonds. The average Bonchev–Trinajstić information content (AvgIpc) is 3.45. The second-order valence-electron chi connectivity index (χ2n) is 8.46. The third-order valence-corrected chi connectivity index (χ3v) is 7.30. The Bertz CT molecular complexity index is 1400. The van der Waals surface area contributed by atoms with Crippen LogP contribution in [0.25, 0.3) is 21.2 Å². The highest BCUT2D eigenvalue weighted by atomic mass is 32.1. The Kier molecular flexibility index (Phi) is 5.64. The number of benzene rings is 3. The largest absolute Gasteiger partial charge is 0.489 e. The molecule has 1 aliphatic carbocycles. The van der Waals surface area contributed by atoms with Crippen LogP contribution in [-0.2, 0) is 6.61 Å². The van der Waals surface area contributed by atoms with Gasteiger partial charge in [-0.1, -0.05) is 42.6 Å². The number of carboxylic acid groups (broad SMARTS) is 1. The Morgan fingerprint density at radius 2 is 1.88 bits per heavy atom. The Hall–Kier alpha value is -3.58. The molecule has 3 aromatic carbocycles. The van der Waals surface area contributed by atoms with Gasteiger partial charge in [-0.05, 0) is 72.0 Å². The highest BCUT2D eigenvalue weighted by molar-refractivity contribution is 7.13. The van der Waals surface area contributed by atoms with Crippen LogP contribution in [0.4, 0.5) is 5.69 Å². The number of nitrogens with two attached hydrogens (primary N) is 1. The lowest BCUT2D eigenvalue weighted by atomic mass is 10.0. The fraction of sp³-hybridized carbons (Fsp3) is 0.231. The monoisotopic (exact) mass is 460 g/mol. The fourth-order valence-corrected chi connectivity index (χ4v) is 5.61. The SMILES string of the molecule is Nc1cc(C(=O)O)cc(-c2cccc(COc3ccc4c(=O)n(C5CCCC5)sc4c3)c2)c1. The van der Waals surface area contributed by atoms with E-state index in [4.69, 9.17) is 10.5 Å². The number of anilines is 1. The van der Waals surface area contributed by atoms with Crippen LogP contribution >= 0.6 is 11.5 Å². The lowest BCUT2D eigenvalue weighted by Crippen LogP contribution is -2.16. The van der Waals surface area contributed by atoms with E-state index in [1.807, 2.05) is 46.4 Å². The first-order valence-corrected chi connectivity index (χ1v) is 11.8. The van der Waals surface area contributed by atoms with Crippen molar-refractivity contribution in [1.29, 1.82) is 0 Å². The number of nitrogen functional groups attached to an aromatic ring is 1. The number of hydrogen-bond donors (Lipinski definition) is 2. The molecule has 1 aromatic heterocycles. The van der Waals surface area contributed by atoms with Crippen molar-refractivity contribution in [2.75, 3.05) is 5.73 Å². The molecule has 1 aliphatic rings. The molecule has 7 heteroatoms. The third-order valence-electron chi connectivity index (χ3n) is 6.10. The minimum Gasteiger partial charge on any atom is -0.489 e. The van der Waals surface area contributed by atoms with E-state index in [9.17, 15) is 14.7 Å². The van der Waals surface area contributed by atoms with Gasteiger partial charge in [-0.25, -0.2) is 4.79 Å². The average molecular weight is 461 g/mol. The number of fused-ring (bicyclic) bond motifs is 1. The summed E-state index contributed by atoms with van der Waals surface area (Å²) in [6.45, 7) is 0.353. The Morgan fingerprint density at radius 1 is 1.06 bits per heavy atom. The number of carboxylic acids is 1. The number of hydrogen-bond acceptors (Lipinski definition) is 5. The maximum absolute atomic E-state index is 12.8. The van der Waals surface area contributed by atoms with E-state index in [0.29, 0.717) is 24.1 Å². The smallest absolute Gasteiger partial charge is 0.335 e. The number of aromatic nitrogens is 1. The van der Waals surface area contributed by atoms with Gasteiger partial charge in [0.15, 0.2) is 0 Å². The second-order valence-corrected chi connectivity index (χ2v) is 9.47. The maximum Gasteiger partial charge on any atom is 0.335 e. The summed E-state index contributed by atoms with van der Waals surface area (Å²) in [5.74, 6) is -0.299. The minimum atomic E-state index is -1.01. The molecule has 0 atom stereocenters. The lowest BCUT2D eigenvalue weighted by Gasteiger charge is -2.09. The van der Waals surface area contributed by atoms with Crippen LogP contribution < -0.4 is 16.0 Å². The molecule has 0 saturated heterocycles. The van der Waals surface area contributed by atoms with Gasteiger partial charge in [0.1, 0.15) is 12.4 Å². The van der Waals surface area contributed by atoms with Crippen molar-refractivity contribution in [1.82, 2.24) is 3.96 Å². The van der Waals surface area contributed by atoms with Crippen molar-refractivity contribution >= 4 is 33.3 Å². The van der Waals surface area contributed by atoms with Crippen LogP contribution in [0.2, 0.25) is 0 Å². The van der Waals surface area contributed by atoms with Crippen LogP contribution in [0.1, 0.15) is 47.6 Å². The molecule has 5 rings (SSSR count). The predicted molar refractivity (Wildman–Crippen MR) is 131 cm³/mol. The number of carbonyl (C=O) groups is 1. The first-order chi connectivity index (χ1) is 16.0. The molecule has 1 heterocycles. The molecule has 0 bridgehead atoms. The maximum atomic E-state index is 12.8. The summed E-state index contributed by atoms with van der Waals surface area (Å²) in [5, 5.41) is 10.1. The summed E-state index contributed by atoms with van der Waals surface area (Å²) in [6, 6.07) is 18.5. The first-order valence-electron chi connectivity index (χ1n) is 11.0. The van der Waals surface area contributed by atoms with E-state index in [0.717, 1.165) is 39.6 Å². The third kappa shape index (κ3) is 4.36. The zero-order chi connectivity index (χ0) is 22.9. The molecule has 168 valence electrons. The highest BCUT2D eigenvalue weighted by Gasteiger charge is 2.21. The summed E-state index contributed by atoms with van der Waals surface area (Å²) < 4.78 is 8.90. The zero-order valence-corrected chi connectivity index (χ0v) is 18.8. The topological polar surface area (TPSA) is 94.6 Å². The summed E-state index contributed by atoms with van der Waals surface area (Å²) in [6.07, 6.45) is 4.53. The van der Waals surface area contributed by atoms with E-state index >= 15 is 0 Å². The van der Waals surface area contributed by atoms with Gasteiger partial charge in [0.2, 0.25) is 0 Å². The molecule has 0 spiro atoms. The zero-order valence-electron chi connectivity index (χ0n) is 18.0. The lowest BCUT2D eigenvalue weighted by molar-refractivity contribution is 0.0697. The van der Waals surface area contributed by atoms with Gasteiger partial charge >= 0.3 is 5.97 Å². The van der Waals surface area contributed by atoms with E-state index in [-0.39, 0.29) is 11.1 Å². The van der Waals surface area contributed by atoms with Crippen LogP contribution in [0.3, 0.4) is 0 Å².